The molecular weight excluding hydrogens is 1260 g/mol. The second-order valence-electron chi connectivity index (χ2n) is 26.1. The lowest BCUT2D eigenvalue weighted by molar-refractivity contribution is 0.0365. The highest BCUT2D eigenvalue weighted by molar-refractivity contribution is 8.13. The Morgan fingerprint density at radius 2 is 0.895 bits per heavy atom. The Hall–Kier alpha value is -10.0. The van der Waals surface area contributed by atoms with E-state index in [4.69, 9.17) is 30.2 Å². The number of nitrogens with two attached hydrogens (primary N) is 1. The number of sulfonamides is 1. The van der Waals surface area contributed by atoms with Crippen LogP contribution in [0.3, 0.4) is 0 Å². The number of anilines is 6. The number of carbonyl (C=O) groups excluding carboxylic acids is 2. The number of nitrogens with zero attached hydrogens (tertiary/aromatic N) is 6. The molecule has 7 N–H and O–H groups in total. The van der Waals surface area contributed by atoms with E-state index in [2.05, 4.69) is 111 Å². The minimum absolute atomic E-state index is 0.390. The Labute approximate surface area is 557 Å². The standard InChI is InChI=1S/C36H36N6O4S.C35H34N6O2.CH3ClO2S/c1-35(2,3)46-34(43)40-36(20-8-21-36)25-16-12-24(13-17-25)31-30(23-14-18-26(19-15-23)41-47(4,44)45)39-33-27-9-5-6-10-28(27)38-32-29(42(31)33)11-7-22-37-32;1-34(2,3)43-33(42)40-35(19-7-20-35)24-15-11-23(12-16-24)30-29(22-13-17-25(36)18-14-22)39-32-26-8-4-5-9-27(26)38-31-28(41(30)32)10-6-21-37-31;1-5(2,3)4/h5-7,9-19,22,41H,8,20-21H2,1-4H3,(H,37,38)(H,40,43);4-6,8-18,21H,7,19-20,36H2,1-3H3,(H,37,38)(H,40,42);1H3. The van der Waals surface area contributed by atoms with Gasteiger partial charge in [0.05, 0.1) is 69.1 Å². The number of para-hydroxylation sites is 2. The van der Waals surface area contributed by atoms with Gasteiger partial charge in [0.25, 0.3) is 0 Å². The molecule has 0 bridgehead atoms. The Morgan fingerprint density at radius 1 is 0.526 bits per heavy atom. The van der Waals surface area contributed by atoms with Crippen LogP contribution in [0.5, 0.6) is 0 Å². The monoisotopic (exact) mass is 1330 g/mol. The summed E-state index contributed by atoms with van der Waals surface area (Å²) in [6.45, 7) is 11.2. The number of rotatable bonds is 10. The summed E-state index contributed by atoms with van der Waals surface area (Å²) < 4.78 is 60.6. The molecular formula is C72H73ClN12O8S2. The van der Waals surface area contributed by atoms with Crippen LogP contribution in [0.1, 0.15) is 91.2 Å². The molecule has 6 heterocycles. The number of hydrogen-bond donors (Lipinski definition) is 6. The van der Waals surface area contributed by atoms with Gasteiger partial charge in [-0.25, -0.2) is 46.4 Å². The van der Waals surface area contributed by atoms with Crippen molar-refractivity contribution >= 4 is 76.3 Å². The van der Waals surface area contributed by atoms with Gasteiger partial charge >= 0.3 is 12.2 Å². The second kappa shape index (κ2) is 25.4. The summed E-state index contributed by atoms with van der Waals surface area (Å²) in [5, 5.41) is 13.3. The van der Waals surface area contributed by atoms with E-state index in [0.717, 1.165) is 159 Å². The lowest BCUT2D eigenvalue weighted by Crippen LogP contribution is -2.52. The Balaban J connectivity index is 0.000000170. The predicted octanol–water partition coefficient (Wildman–Crippen LogP) is 15.6. The summed E-state index contributed by atoms with van der Waals surface area (Å²) in [5.74, 6) is 3.02. The van der Waals surface area contributed by atoms with E-state index in [0.29, 0.717) is 17.2 Å². The molecule has 20 nitrogen and oxygen atoms in total. The van der Waals surface area contributed by atoms with Crippen LogP contribution in [0.25, 0.3) is 79.2 Å². The van der Waals surface area contributed by atoms with E-state index >= 15 is 0 Å². The van der Waals surface area contributed by atoms with Crippen molar-refractivity contribution in [1.29, 1.82) is 0 Å². The van der Waals surface area contributed by atoms with E-state index in [-0.39, 0.29) is 0 Å². The maximum Gasteiger partial charge on any atom is 0.408 e. The first-order valence-electron chi connectivity index (χ1n) is 31.1. The number of alkyl carbamates (subject to hydrolysis) is 2. The molecule has 6 aromatic carbocycles. The molecule has 488 valence electrons. The van der Waals surface area contributed by atoms with Gasteiger partial charge in [0.15, 0.2) is 11.6 Å². The van der Waals surface area contributed by atoms with Crippen molar-refractivity contribution < 1.29 is 35.9 Å². The summed E-state index contributed by atoms with van der Waals surface area (Å²) in [6, 6.07) is 55.9. The lowest BCUT2D eigenvalue weighted by atomic mass is 9.71. The van der Waals surface area contributed by atoms with Crippen LogP contribution in [0.15, 0.2) is 182 Å². The molecule has 23 heteroatoms. The third kappa shape index (κ3) is 14.3. The van der Waals surface area contributed by atoms with E-state index in [9.17, 15) is 26.4 Å². The van der Waals surface area contributed by atoms with Gasteiger partial charge in [0.2, 0.25) is 19.1 Å². The molecule has 14 rings (SSSR count). The van der Waals surface area contributed by atoms with Crippen LogP contribution in [0, 0.1) is 0 Å². The summed E-state index contributed by atoms with van der Waals surface area (Å²) in [7, 11) is -2.12. The van der Waals surface area contributed by atoms with Crippen LogP contribution in [0.4, 0.5) is 44.0 Å². The molecule has 4 aliphatic rings. The number of ether oxygens (including phenoxy) is 2. The highest BCUT2D eigenvalue weighted by Gasteiger charge is 2.43. The number of fused-ring (bicyclic) bond motifs is 10. The average molecular weight is 1330 g/mol. The first-order chi connectivity index (χ1) is 45.1. The van der Waals surface area contributed by atoms with Crippen molar-refractivity contribution in [3.63, 3.8) is 0 Å². The number of pyridine rings is 2. The van der Waals surface area contributed by atoms with Gasteiger partial charge < -0.3 is 36.5 Å². The summed E-state index contributed by atoms with van der Waals surface area (Å²) in [6.07, 6.45) is 10.2. The molecule has 0 spiro atoms. The number of benzene rings is 6. The van der Waals surface area contributed by atoms with Gasteiger partial charge in [-0.2, -0.15) is 0 Å². The maximum atomic E-state index is 12.8. The fourth-order valence-electron chi connectivity index (χ4n) is 12.3. The normalized spacial score (nSPS) is 14.5. The minimum Gasteiger partial charge on any atom is -0.444 e. The first-order valence-corrected chi connectivity index (χ1v) is 35.7. The largest absolute Gasteiger partial charge is 0.444 e. The number of aromatic nitrogens is 6. The third-order valence-electron chi connectivity index (χ3n) is 16.6. The predicted molar refractivity (Wildman–Crippen MR) is 375 cm³/mol. The Bertz CT molecular complexity index is 4780. The van der Waals surface area contributed by atoms with E-state index < -0.39 is 53.5 Å². The van der Waals surface area contributed by atoms with Gasteiger partial charge in [0.1, 0.15) is 22.9 Å². The number of carbonyl (C=O) groups is 2. The van der Waals surface area contributed by atoms with Crippen LogP contribution >= 0.6 is 10.7 Å². The molecule has 0 atom stereocenters. The summed E-state index contributed by atoms with van der Waals surface area (Å²) in [5.41, 5.74) is 19.8. The van der Waals surface area contributed by atoms with Gasteiger partial charge in [-0.3, -0.25) is 13.9 Å². The van der Waals surface area contributed by atoms with Crippen molar-refractivity contribution in [1.82, 2.24) is 39.7 Å². The first kappa shape index (κ1) is 65.0. The zero-order chi connectivity index (χ0) is 67.2. The molecule has 2 aliphatic carbocycles. The van der Waals surface area contributed by atoms with Crippen molar-refractivity contribution in [2.45, 2.75) is 102 Å². The number of nitrogens with one attached hydrogen (secondary N) is 5. The van der Waals surface area contributed by atoms with Crippen molar-refractivity contribution in [2.24, 2.45) is 0 Å². The van der Waals surface area contributed by atoms with Gasteiger partial charge in [0, 0.05) is 67.8 Å². The van der Waals surface area contributed by atoms with E-state index in [1.54, 1.807) is 24.5 Å². The molecule has 4 aromatic heterocycles. The number of nitrogen functional groups attached to an aromatic ring is 1. The topological polar surface area (TPSA) is 268 Å². The fraction of sp³-hybridized carbons (Fsp3) is 0.250. The Kier molecular flexibility index (Phi) is 17.4. The van der Waals surface area contributed by atoms with Crippen LogP contribution in [0.2, 0.25) is 0 Å². The minimum atomic E-state index is -3.43. The molecule has 10 aromatic rings. The van der Waals surface area contributed by atoms with Crippen LogP contribution < -0.4 is 31.7 Å². The van der Waals surface area contributed by atoms with Crippen LogP contribution in [-0.4, -0.2) is 81.8 Å². The lowest BCUT2D eigenvalue weighted by Gasteiger charge is -2.43. The number of halogens is 1. The molecule has 0 radical (unpaired) electrons. The van der Waals surface area contributed by atoms with E-state index in [1.165, 1.54) is 0 Å². The maximum absolute atomic E-state index is 12.8. The molecule has 0 unspecified atom stereocenters. The number of amides is 2. The molecule has 2 fully saturated rings. The van der Waals surface area contributed by atoms with Gasteiger partial charge in [-0.15, -0.1) is 0 Å². The Morgan fingerprint density at radius 3 is 1.25 bits per heavy atom. The molecule has 2 amide bonds. The van der Waals surface area contributed by atoms with Gasteiger partial charge in [-0.1, -0.05) is 97.1 Å². The second-order valence-corrected chi connectivity index (χ2v) is 30.8. The fourth-order valence-corrected chi connectivity index (χ4v) is 12.8. The SMILES string of the molecule is CC(C)(C)OC(=O)NC1(c2ccc(-c3c(-c4ccc(N)cc4)nc4n3-c3cccnc3Nc3ccccc3-4)cc2)CCC1.CC(C)(C)OC(=O)NC1(c2ccc(-c3c(-c4ccc(NS(C)(=O)=O)cc4)nc4n3-c3cccnc3Nc3ccccc3-4)cc2)CCC1.CS(=O)(=O)Cl. The third-order valence-corrected chi connectivity index (χ3v) is 17.2. The van der Waals surface area contributed by atoms with Gasteiger partial charge in [-0.05, 0) is 164 Å². The molecule has 95 heavy (non-hydrogen) atoms. The molecule has 0 saturated heterocycles. The van der Waals surface area contributed by atoms with Crippen molar-refractivity contribution in [3.8, 4) is 79.2 Å². The zero-order valence-corrected chi connectivity index (χ0v) is 56.2. The smallest absolute Gasteiger partial charge is 0.408 e. The summed E-state index contributed by atoms with van der Waals surface area (Å²) in [4.78, 5) is 45.5. The molecule has 2 saturated carbocycles. The number of hydrogen-bond acceptors (Lipinski definition) is 15. The number of imidazole rings is 2. The molecule has 2 aliphatic heterocycles. The van der Waals surface area contributed by atoms with Crippen molar-refractivity contribution in [3.05, 3.63) is 193 Å². The highest BCUT2D eigenvalue weighted by atomic mass is 35.7. The highest BCUT2D eigenvalue weighted by Crippen LogP contribution is 2.49. The quantitative estimate of drug-likeness (QED) is 0.0549. The van der Waals surface area contributed by atoms with Crippen molar-refractivity contribution in [2.75, 3.05) is 33.6 Å². The van der Waals surface area contributed by atoms with Crippen LogP contribution in [-0.2, 0) is 39.6 Å². The van der Waals surface area contributed by atoms with E-state index in [1.807, 2.05) is 139 Å². The zero-order valence-electron chi connectivity index (χ0n) is 53.8. The average Bonchev–Trinajstić information content (AvgIpc) is 1.61. The summed E-state index contributed by atoms with van der Waals surface area (Å²) >= 11 is 0.